The third-order valence-electron chi connectivity index (χ3n) is 4.47. The van der Waals surface area contributed by atoms with Crippen molar-refractivity contribution >= 4 is 11.6 Å². The summed E-state index contributed by atoms with van der Waals surface area (Å²) in [5.41, 5.74) is 0.646. The molecule has 29 heavy (non-hydrogen) atoms. The predicted molar refractivity (Wildman–Crippen MR) is 112 cm³/mol. The smallest absolute Gasteiger partial charge is 0.321 e. The molecule has 7 nitrogen and oxygen atoms in total. The number of ether oxygens (including phenoxy) is 1. The standard InChI is InChI=1S/C22H23N3O4/c1-3-16-9-5-6-10-17(16)23-20(26)15-24-13-14-25(22(28)21(24)27)18-11-7-8-12-19(18)29-4-2/h5-14H,3-4,15H2,1-2H3,(H,23,26). The minimum Gasteiger partial charge on any atom is -0.492 e. The Balaban J connectivity index is 1.86. The summed E-state index contributed by atoms with van der Waals surface area (Å²) in [5.74, 6) is 0.128. The molecule has 0 aliphatic rings. The maximum Gasteiger partial charge on any atom is 0.321 e. The van der Waals surface area contributed by atoms with E-state index in [0.717, 1.165) is 16.6 Å². The zero-order valence-corrected chi connectivity index (χ0v) is 16.4. The van der Waals surface area contributed by atoms with Gasteiger partial charge in [0.15, 0.2) is 0 Å². The molecular formula is C22H23N3O4. The fourth-order valence-corrected chi connectivity index (χ4v) is 3.05. The van der Waals surface area contributed by atoms with Gasteiger partial charge in [0.05, 0.1) is 12.3 Å². The van der Waals surface area contributed by atoms with Gasteiger partial charge >= 0.3 is 11.1 Å². The van der Waals surface area contributed by atoms with Gasteiger partial charge in [0.25, 0.3) is 0 Å². The quantitative estimate of drug-likeness (QED) is 0.626. The van der Waals surface area contributed by atoms with Crippen molar-refractivity contribution in [3.05, 3.63) is 87.2 Å². The van der Waals surface area contributed by atoms with Gasteiger partial charge in [-0.3, -0.25) is 23.5 Å². The third-order valence-corrected chi connectivity index (χ3v) is 4.47. The van der Waals surface area contributed by atoms with Gasteiger partial charge in [-0.05, 0) is 37.1 Å². The van der Waals surface area contributed by atoms with Crippen molar-refractivity contribution < 1.29 is 9.53 Å². The highest BCUT2D eigenvalue weighted by molar-refractivity contribution is 5.91. The molecule has 1 amide bonds. The van der Waals surface area contributed by atoms with Crippen LogP contribution >= 0.6 is 0 Å². The van der Waals surface area contributed by atoms with Crippen LogP contribution in [-0.2, 0) is 17.8 Å². The van der Waals surface area contributed by atoms with Gasteiger partial charge in [-0.15, -0.1) is 0 Å². The zero-order chi connectivity index (χ0) is 20.8. The Morgan fingerprint density at radius 2 is 1.69 bits per heavy atom. The average Bonchev–Trinajstić information content (AvgIpc) is 2.73. The maximum absolute atomic E-state index is 12.6. The summed E-state index contributed by atoms with van der Waals surface area (Å²) in [6.07, 6.45) is 3.66. The number of nitrogens with zero attached hydrogens (tertiary/aromatic N) is 2. The second-order valence-electron chi connectivity index (χ2n) is 6.37. The summed E-state index contributed by atoms with van der Waals surface area (Å²) >= 11 is 0. The molecule has 0 aliphatic heterocycles. The van der Waals surface area contributed by atoms with Crippen molar-refractivity contribution in [2.45, 2.75) is 26.8 Å². The van der Waals surface area contributed by atoms with Crippen LogP contribution in [0.15, 0.2) is 70.5 Å². The second kappa shape index (κ2) is 9.05. The van der Waals surface area contributed by atoms with Crippen LogP contribution in [0.3, 0.4) is 0 Å². The highest BCUT2D eigenvalue weighted by Crippen LogP contribution is 2.20. The van der Waals surface area contributed by atoms with Gasteiger partial charge in [0, 0.05) is 18.1 Å². The molecule has 7 heteroatoms. The Morgan fingerprint density at radius 1 is 0.966 bits per heavy atom. The number of rotatable bonds is 7. The number of carbonyl (C=O) groups is 1. The van der Waals surface area contributed by atoms with Crippen molar-refractivity contribution in [3.63, 3.8) is 0 Å². The van der Waals surface area contributed by atoms with E-state index in [1.54, 1.807) is 24.3 Å². The lowest BCUT2D eigenvalue weighted by molar-refractivity contribution is -0.116. The van der Waals surface area contributed by atoms with Crippen LogP contribution in [0.25, 0.3) is 5.69 Å². The van der Waals surface area contributed by atoms with E-state index in [9.17, 15) is 14.4 Å². The molecule has 3 rings (SSSR count). The van der Waals surface area contributed by atoms with Gasteiger partial charge in [-0.1, -0.05) is 37.3 Å². The van der Waals surface area contributed by atoms with Crippen LogP contribution in [0.5, 0.6) is 5.75 Å². The predicted octanol–water partition coefficient (Wildman–Crippen LogP) is 2.60. The van der Waals surface area contributed by atoms with E-state index in [0.29, 0.717) is 23.7 Å². The summed E-state index contributed by atoms with van der Waals surface area (Å²) in [4.78, 5) is 37.6. The number of aromatic nitrogens is 2. The van der Waals surface area contributed by atoms with E-state index in [-0.39, 0.29) is 12.5 Å². The molecule has 1 aromatic heterocycles. The fourth-order valence-electron chi connectivity index (χ4n) is 3.05. The monoisotopic (exact) mass is 393 g/mol. The first-order valence-corrected chi connectivity index (χ1v) is 9.47. The Bertz CT molecular complexity index is 1130. The number of benzene rings is 2. The molecule has 0 unspecified atom stereocenters. The zero-order valence-electron chi connectivity index (χ0n) is 16.4. The fraction of sp³-hybridized carbons (Fsp3) is 0.227. The maximum atomic E-state index is 12.6. The van der Waals surface area contributed by atoms with Gasteiger partial charge in [0.1, 0.15) is 12.3 Å². The summed E-state index contributed by atoms with van der Waals surface area (Å²) in [6, 6.07) is 14.4. The van der Waals surface area contributed by atoms with Crippen LogP contribution in [-0.4, -0.2) is 21.6 Å². The first kappa shape index (κ1) is 20.1. The van der Waals surface area contributed by atoms with Crippen LogP contribution < -0.4 is 21.2 Å². The Labute approximate surface area is 168 Å². The van der Waals surface area contributed by atoms with Crippen LogP contribution in [0.2, 0.25) is 0 Å². The first-order chi connectivity index (χ1) is 14.0. The number of aryl methyl sites for hydroxylation is 1. The minimum atomic E-state index is -0.780. The van der Waals surface area contributed by atoms with Crippen LogP contribution in [0.4, 0.5) is 5.69 Å². The van der Waals surface area contributed by atoms with E-state index in [1.807, 2.05) is 38.1 Å². The molecule has 0 aliphatic carbocycles. The largest absolute Gasteiger partial charge is 0.492 e. The van der Waals surface area contributed by atoms with Crippen molar-refractivity contribution in [1.29, 1.82) is 0 Å². The molecular weight excluding hydrogens is 370 g/mol. The number of nitrogens with one attached hydrogen (secondary N) is 1. The molecule has 0 radical (unpaired) electrons. The molecule has 0 spiro atoms. The van der Waals surface area contributed by atoms with E-state index >= 15 is 0 Å². The van der Waals surface area contributed by atoms with Crippen molar-refractivity contribution in [3.8, 4) is 11.4 Å². The number of para-hydroxylation sites is 3. The highest BCUT2D eigenvalue weighted by Gasteiger charge is 2.13. The van der Waals surface area contributed by atoms with Crippen LogP contribution in [0.1, 0.15) is 19.4 Å². The molecule has 1 N–H and O–H groups in total. The van der Waals surface area contributed by atoms with Gasteiger partial charge in [0.2, 0.25) is 5.91 Å². The molecule has 0 bridgehead atoms. The lowest BCUT2D eigenvalue weighted by Gasteiger charge is -2.13. The van der Waals surface area contributed by atoms with E-state index in [4.69, 9.17) is 4.74 Å². The summed E-state index contributed by atoms with van der Waals surface area (Å²) in [7, 11) is 0. The van der Waals surface area contributed by atoms with Crippen molar-refractivity contribution in [2.24, 2.45) is 0 Å². The first-order valence-electron chi connectivity index (χ1n) is 9.47. The average molecular weight is 393 g/mol. The van der Waals surface area contributed by atoms with Crippen molar-refractivity contribution in [2.75, 3.05) is 11.9 Å². The van der Waals surface area contributed by atoms with Gasteiger partial charge < -0.3 is 10.1 Å². The number of hydrogen-bond acceptors (Lipinski definition) is 4. The summed E-state index contributed by atoms with van der Waals surface area (Å²) < 4.78 is 7.87. The number of hydrogen-bond donors (Lipinski definition) is 1. The number of carbonyl (C=O) groups excluding carboxylic acids is 1. The SMILES string of the molecule is CCOc1ccccc1-n1ccn(CC(=O)Nc2ccccc2CC)c(=O)c1=O. The lowest BCUT2D eigenvalue weighted by atomic mass is 10.1. The van der Waals surface area contributed by atoms with Crippen LogP contribution in [0, 0.1) is 0 Å². The number of anilines is 1. The van der Waals surface area contributed by atoms with Crippen molar-refractivity contribution in [1.82, 2.24) is 9.13 Å². The minimum absolute atomic E-state index is 0.250. The summed E-state index contributed by atoms with van der Waals surface area (Å²) in [5, 5.41) is 2.80. The normalized spacial score (nSPS) is 10.6. The van der Waals surface area contributed by atoms with Gasteiger partial charge in [-0.25, -0.2) is 0 Å². The molecule has 0 atom stereocenters. The molecule has 0 fully saturated rings. The Hall–Kier alpha value is -3.61. The highest BCUT2D eigenvalue weighted by atomic mass is 16.5. The van der Waals surface area contributed by atoms with Gasteiger partial charge in [-0.2, -0.15) is 0 Å². The Kier molecular flexibility index (Phi) is 6.29. The second-order valence-corrected chi connectivity index (χ2v) is 6.37. The molecule has 1 heterocycles. The Morgan fingerprint density at radius 3 is 2.45 bits per heavy atom. The van der Waals surface area contributed by atoms with E-state index < -0.39 is 11.1 Å². The third kappa shape index (κ3) is 4.45. The summed E-state index contributed by atoms with van der Waals surface area (Å²) in [6.45, 7) is 4.02. The topological polar surface area (TPSA) is 82.3 Å². The van der Waals surface area contributed by atoms with E-state index in [1.165, 1.54) is 17.0 Å². The lowest BCUT2D eigenvalue weighted by Crippen LogP contribution is -2.41. The number of amides is 1. The molecule has 0 saturated carbocycles. The molecule has 3 aromatic rings. The molecule has 2 aromatic carbocycles. The molecule has 0 saturated heterocycles. The molecule has 150 valence electrons. The van der Waals surface area contributed by atoms with E-state index in [2.05, 4.69) is 5.32 Å².